The molecule has 1 heterocycles. The van der Waals surface area contributed by atoms with Crippen LogP contribution >= 0.6 is 12.2 Å². The van der Waals surface area contributed by atoms with Crippen molar-refractivity contribution < 1.29 is 4.42 Å². The summed E-state index contributed by atoms with van der Waals surface area (Å²) >= 11 is 4.78. The monoisotopic (exact) mass is 157 g/mol. The number of nitrogens with one attached hydrogen (secondary N) is 1. The Morgan fingerprint density at radius 3 is 2.30 bits per heavy atom. The summed E-state index contributed by atoms with van der Waals surface area (Å²) < 4.78 is 5.21. The van der Waals surface area contributed by atoms with Crippen molar-refractivity contribution in [3.63, 3.8) is 0 Å². The third-order valence-electron chi connectivity index (χ3n) is 1.26. The summed E-state index contributed by atoms with van der Waals surface area (Å²) in [7, 11) is 0. The molecule has 0 aromatic carbocycles. The van der Waals surface area contributed by atoms with Gasteiger partial charge in [0, 0.05) is 11.6 Å². The van der Waals surface area contributed by atoms with E-state index in [-0.39, 0.29) is 5.41 Å². The lowest BCUT2D eigenvalue weighted by Gasteiger charge is -2.12. The molecule has 1 aromatic rings. The number of hydrogen-bond donors (Lipinski definition) is 1. The maximum atomic E-state index is 5.21. The lowest BCUT2D eigenvalue weighted by Crippen LogP contribution is -2.08. The molecule has 10 heavy (non-hydrogen) atoms. The Labute approximate surface area is 65.3 Å². The van der Waals surface area contributed by atoms with E-state index in [9.17, 15) is 0 Å². The van der Waals surface area contributed by atoms with Gasteiger partial charge in [-0.1, -0.05) is 20.8 Å². The Balaban J connectivity index is 3.07. The van der Waals surface area contributed by atoms with Crippen molar-refractivity contribution in [1.29, 1.82) is 0 Å². The Hall–Kier alpha value is -0.570. The lowest BCUT2D eigenvalue weighted by molar-refractivity contribution is 0.400. The van der Waals surface area contributed by atoms with E-state index in [1.807, 2.05) is 6.20 Å². The summed E-state index contributed by atoms with van der Waals surface area (Å²) in [6, 6.07) is 0. The van der Waals surface area contributed by atoms with Crippen molar-refractivity contribution in [2.45, 2.75) is 26.2 Å². The van der Waals surface area contributed by atoms with Crippen molar-refractivity contribution in [3.05, 3.63) is 16.8 Å². The number of aromatic nitrogens is 1. The molecule has 0 spiro atoms. The van der Waals surface area contributed by atoms with Gasteiger partial charge in [0.1, 0.15) is 5.76 Å². The van der Waals surface area contributed by atoms with Gasteiger partial charge in [-0.3, -0.25) is 0 Å². The standard InChI is InChI=1S/C7H11NOS/c1-7(2,3)5-4-8-6(10)9-5/h4H,1-3H3,(H,8,10). The van der Waals surface area contributed by atoms with Gasteiger partial charge in [0.2, 0.25) is 0 Å². The molecular weight excluding hydrogens is 146 g/mol. The molecule has 56 valence electrons. The van der Waals surface area contributed by atoms with Crippen molar-refractivity contribution in [1.82, 2.24) is 4.98 Å². The molecule has 1 aromatic heterocycles. The van der Waals surface area contributed by atoms with Crippen LogP contribution in [0.2, 0.25) is 0 Å². The van der Waals surface area contributed by atoms with Crippen LogP contribution in [0.5, 0.6) is 0 Å². The highest BCUT2D eigenvalue weighted by atomic mass is 32.1. The predicted molar refractivity (Wildman–Crippen MR) is 42.6 cm³/mol. The van der Waals surface area contributed by atoms with Gasteiger partial charge in [0.25, 0.3) is 4.84 Å². The number of rotatable bonds is 0. The maximum Gasteiger partial charge on any atom is 0.266 e. The number of aromatic amines is 1. The minimum atomic E-state index is 0.0492. The van der Waals surface area contributed by atoms with Crippen LogP contribution in [0.25, 0.3) is 0 Å². The average molecular weight is 157 g/mol. The Bertz CT molecular complexity index is 266. The summed E-state index contributed by atoms with van der Waals surface area (Å²) in [5, 5.41) is 0. The van der Waals surface area contributed by atoms with Gasteiger partial charge in [0.15, 0.2) is 0 Å². The summed E-state index contributed by atoms with van der Waals surface area (Å²) in [5.74, 6) is 0.900. The number of hydrogen-bond acceptors (Lipinski definition) is 2. The van der Waals surface area contributed by atoms with Crippen molar-refractivity contribution in [3.8, 4) is 0 Å². The molecule has 0 aliphatic heterocycles. The molecule has 0 radical (unpaired) electrons. The van der Waals surface area contributed by atoms with Gasteiger partial charge in [-0.2, -0.15) is 0 Å². The molecule has 0 atom stereocenters. The highest BCUT2D eigenvalue weighted by molar-refractivity contribution is 7.71. The van der Waals surface area contributed by atoms with Crippen molar-refractivity contribution in [2.75, 3.05) is 0 Å². The van der Waals surface area contributed by atoms with Gasteiger partial charge in [-0.25, -0.2) is 0 Å². The predicted octanol–water partition coefficient (Wildman–Crippen LogP) is 2.63. The van der Waals surface area contributed by atoms with Gasteiger partial charge in [0.05, 0.1) is 0 Å². The molecule has 0 bridgehead atoms. The maximum absolute atomic E-state index is 5.21. The second kappa shape index (κ2) is 2.23. The molecule has 1 N–H and O–H groups in total. The van der Waals surface area contributed by atoms with Crippen LogP contribution in [0.4, 0.5) is 0 Å². The third-order valence-corrected chi connectivity index (χ3v) is 1.46. The van der Waals surface area contributed by atoms with E-state index in [1.165, 1.54) is 0 Å². The zero-order valence-electron chi connectivity index (χ0n) is 6.39. The van der Waals surface area contributed by atoms with E-state index in [2.05, 4.69) is 25.8 Å². The molecule has 1 rings (SSSR count). The fraction of sp³-hybridized carbons (Fsp3) is 0.571. The molecule has 0 saturated heterocycles. The molecule has 0 aliphatic carbocycles. The summed E-state index contributed by atoms with van der Waals surface area (Å²) in [4.78, 5) is 3.27. The molecule has 0 saturated carbocycles. The zero-order chi connectivity index (χ0) is 7.78. The number of H-pyrrole nitrogens is 1. The van der Waals surface area contributed by atoms with E-state index in [1.54, 1.807) is 0 Å². The van der Waals surface area contributed by atoms with Crippen LogP contribution in [0, 0.1) is 4.84 Å². The molecule has 0 fully saturated rings. The second-order valence-electron chi connectivity index (χ2n) is 3.29. The fourth-order valence-corrected chi connectivity index (χ4v) is 0.802. The lowest BCUT2D eigenvalue weighted by atomic mass is 9.94. The topological polar surface area (TPSA) is 28.9 Å². The second-order valence-corrected chi connectivity index (χ2v) is 3.66. The first-order valence-corrected chi connectivity index (χ1v) is 3.60. The van der Waals surface area contributed by atoms with E-state index in [0.717, 1.165) is 5.76 Å². The average Bonchev–Trinajstić information content (AvgIpc) is 2.11. The van der Waals surface area contributed by atoms with E-state index in [0.29, 0.717) is 4.84 Å². The minimum absolute atomic E-state index is 0.0492. The molecular formula is C7H11NOS. The molecule has 2 nitrogen and oxygen atoms in total. The van der Waals surface area contributed by atoms with Crippen molar-refractivity contribution in [2.24, 2.45) is 0 Å². The largest absolute Gasteiger partial charge is 0.434 e. The first-order valence-electron chi connectivity index (χ1n) is 3.19. The SMILES string of the molecule is CC(C)(C)c1c[nH]c(=S)o1. The smallest absolute Gasteiger partial charge is 0.266 e. The van der Waals surface area contributed by atoms with E-state index in [4.69, 9.17) is 16.6 Å². The highest BCUT2D eigenvalue weighted by Crippen LogP contribution is 2.21. The van der Waals surface area contributed by atoms with Crippen LogP contribution in [0.15, 0.2) is 10.6 Å². The minimum Gasteiger partial charge on any atom is -0.434 e. The number of oxazole rings is 1. The van der Waals surface area contributed by atoms with Gasteiger partial charge in [-0.05, 0) is 12.2 Å². The first-order chi connectivity index (χ1) is 4.50. The molecule has 0 aliphatic rings. The van der Waals surface area contributed by atoms with Crippen molar-refractivity contribution >= 4 is 12.2 Å². The van der Waals surface area contributed by atoms with Crippen LogP contribution in [0.1, 0.15) is 26.5 Å². The quantitative estimate of drug-likeness (QED) is 0.586. The summed E-state index contributed by atoms with van der Waals surface area (Å²) in [6.45, 7) is 6.23. The normalized spacial score (nSPS) is 11.9. The van der Waals surface area contributed by atoms with Gasteiger partial charge in [-0.15, -0.1) is 0 Å². The van der Waals surface area contributed by atoms with Gasteiger partial charge < -0.3 is 9.40 Å². The zero-order valence-corrected chi connectivity index (χ0v) is 7.21. The molecule has 0 unspecified atom stereocenters. The third kappa shape index (κ3) is 1.48. The molecule has 3 heteroatoms. The molecule has 0 amide bonds. The Morgan fingerprint density at radius 1 is 1.50 bits per heavy atom. The van der Waals surface area contributed by atoms with Crippen LogP contribution < -0.4 is 0 Å². The van der Waals surface area contributed by atoms with E-state index < -0.39 is 0 Å². The highest BCUT2D eigenvalue weighted by Gasteiger charge is 2.16. The Kier molecular flexibility index (Phi) is 1.68. The summed E-state index contributed by atoms with van der Waals surface area (Å²) in [6.07, 6.45) is 1.81. The van der Waals surface area contributed by atoms with E-state index >= 15 is 0 Å². The summed E-state index contributed by atoms with van der Waals surface area (Å²) in [5.41, 5.74) is 0.0492. The Morgan fingerprint density at radius 2 is 2.10 bits per heavy atom. The van der Waals surface area contributed by atoms with Gasteiger partial charge >= 0.3 is 0 Å². The fourth-order valence-electron chi connectivity index (χ4n) is 0.653. The van der Waals surface area contributed by atoms with Crippen LogP contribution in [-0.2, 0) is 5.41 Å². The van der Waals surface area contributed by atoms with Crippen LogP contribution in [0.3, 0.4) is 0 Å². The first kappa shape index (κ1) is 7.54. The van der Waals surface area contributed by atoms with Crippen LogP contribution in [-0.4, -0.2) is 4.98 Å².